The van der Waals surface area contributed by atoms with Gasteiger partial charge in [-0.25, -0.2) is 9.18 Å². The van der Waals surface area contributed by atoms with Gasteiger partial charge in [0.1, 0.15) is 11.6 Å². The Kier molecular flexibility index (Phi) is 7.27. The summed E-state index contributed by atoms with van der Waals surface area (Å²) >= 11 is 0. The number of carbonyl (C=O) groups excluding carboxylic acids is 2. The molecule has 5 aromatic carbocycles. The highest BCUT2D eigenvalue weighted by Crippen LogP contribution is 2.21. The van der Waals surface area contributed by atoms with Crippen LogP contribution in [0.15, 0.2) is 126 Å². The molecular weight excluding hydrogens is 477 g/mol. The maximum absolute atomic E-state index is 13.0. The number of benzene rings is 5. The molecule has 4 nitrogen and oxygen atoms in total. The van der Waals surface area contributed by atoms with Gasteiger partial charge >= 0.3 is 5.97 Å². The second kappa shape index (κ2) is 11.3. The van der Waals surface area contributed by atoms with Gasteiger partial charge in [0.2, 0.25) is 0 Å². The number of rotatable bonds is 7. The van der Waals surface area contributed by atoms with Crippen molar-refractivity contribution in [3.8, 4) is 5.75 Å². The Bertz CT molecular complexity index is 1650. The van der Waals surface area contributed by atoms with E-state index in [1.807, 2.05) is 48.5 Å². The van der Waals surface area contributed by atoms with Crippen LogP contribution in [0, 0.1) is 5.82 Å². The predicted molar refractivity (Wildman–Crippen MR) is 149 cm³/mol. The summed E-state index contributed by atoms with van der Waals surface area (Å²) in [5.74, 6) is -0.443. The van der Waals surface area contributed by atoms with E-state index < -0.39 is 5.97 Å². The van der Waals surface area contributed by atoms with Gasteiger partial charge in [0.25, 0.3) is 0 Å². The first-order chi connectivity index (χ1) is 18.5. The lowest BCUT2D eigenvalue weighted by Crippen LogP contribution is -2.09. The summed E-state index contributed by atoms with van der Waals surface area (Å²) in [4.78, 5) is 29.6. The lowest BCUT2D eigenvalue weighted by molar-refractivity contribution is 0.0736. The van der Waals surface area contributed by atoms with E-state index in [0.29, 0.717) is 22.6 Å². The third kappa shape index (κ3) is 5.97. The van der Waals surface area contributed by atoms with E-state index in [1.165, 1.54) is 18.2 Å². The summed E-state index contributed by atoms with van der Waals surface area (Å²) in [6.45, 7) is 0. The largest absolute Gasteiger partial charge is 0.423 e. The van der Waals surface area contributed by atoms with Crippen LogP contribution in [0.2, 0.25) is 0 Å². The summed E-state index contributed by atoms with van der Waals surface area (Å²) in [7, 11) is 0. The van der Waals surface area contributed by atoms with Crippen molar-refractivity contribution in [1.29, 1.82) is 0 Å². The van der Waals surface area contributed by atoms with Gasteiger partial charge in [-0.15, -0.1) is 0 Å². The fourth-order valence-corrected chi connectivity index (χ4v) is 3.89. The first-order valence-electron chi connectivity index (χ1n) is 12.0. The van der Waals surface area contributed by atoms with Crippen LogP contribution in [0.5, 0.6) is 5.75 Å². The molecule has 0 saturated heterocycles. The molecule has 0 amide bonds. The second-order valence-corrected chi connectivity index (χ2v) is 8.54. The number of halogens is 1. The summed E-state index contributed by atoms with van der Waals surface area (Å²) < 4.78 is 18.6. The summed E-state index contributed by atoms with van der Waals surface area (Å²) in [5, 5.41) is 1.83. The fourth-order valence-electron chi connectivity index (χ4n) is 3.89. The predicted octanol–water partition coefficient (Wildman–Crippen LogP) is 7.84. The smallest absolute Gasteiger partial charge is 0.344 e. The van der Waals surface area contributed by atoms with Crippen molar-refractivity contribution >= 4 is 40.5 Å². The maximum atomic E-state index is 13.0. The van der Waals surface area contributed by atoms with Gasteiger partial charge in [0.05, 0.1) is 11.3 Å². The van der Waals surface area contributed by atoms with Crippen LogP contribution in [-0.4, -0.2) is 18.0 Å². The van der Waals surface area contributed by atoms with Crippen molar-refractivity contribution < 1.29 is 18.7 Å². The molecule has 5 aromatic rings. The Balaban J connectivity index is 1.20. The standard InChI is InChI=1S/C33H22FNO3/c34-27-15-8-23(9-16-27)12-21-32(36)26-13-17-28(18-14-26)35-22-24-10-19-29(20-11-24)38-33(37)31-7-3-5-25-4-1-2-6-30(25)31/h1-22H. The Hall–Kier alpha value is -5.16. The van der Waals surface area contributed by atoms with Crippen molar-refractivity contribution in [2.45, 2.75) is 0 Å². The number of hydrogen-bond acceptors (Lipinski definition) is 4. The van der Waals surface area contributed by atoms with E-state index in [4.69, 9.17) is 4.74 Å². The number of carbonyl (C=O) groups is 2. The first kappa shape index (κ1) is 24.5. The molecule has 0 fully saturated rings. The van der Waals surface area contributed by atoms with Crippen LogP contribution in [0.1, 0.15) is 31.8 Å². The molecule has 38 heavy (non-hydrogen) atoms. The van der Waals surface area contributed by atoms with Gasteiger partial charge in [-0.3, -0.25) is 9.79 Å². The monoisotopic (exact) mass is 499 g/mol. The summed E-state index contributed by atoms with van der Waals surface area (Å²) in [6, 6.07) is 33.2. The molecular formula is C33H22FNO3. The van der Waals surface area contributed by atoms with Gasteiger partial charge in [-0.2, -0.15) is 0 Å². The van der Waals surface area contributed by atoms with Crippen molar-refractivity contribution in [1.82, 2.24) is 0 Å². The van der Waals surface area contributed by atoms with Crippen molar-refractivity contribution in [2.24, 2.45) is 4.99 Å². The Morgan fingerprint density at radius 1 is 0.711 bits per heavy atom. The molecule has 0 N–H and O–H groups in total. The van der Waals surface area contributed by atoms with Crippen molar-refractivity contribution in [3.05, 3.63) is 149 Å². The Morgan fingerprint density at radius 3 is 2.16 bits per heavy atom. The molecule has 0 aliphatic rings. The Labute approximate surface area is 219 Å². The molecule has 0 heterocycles. The van der Waals surface area contributed by atoms with Gasteiger partial charge in [0.15, 0.2) is 5.78 Å². The van der Waals surface area contributed by atoms with Crippen molar-refractivity contribution in [3.63, 3.8) is 0 Å². The number of ketones is 1. The molecule has 0 bridgehead atoms. The van der Waals surface area contributed by atoms with E-state index >= 15 is 0 Å². The van der Waals surface area contributed by atoms with Crippen LogP contribution >= 0.6 is 0 Å². The van der Waals surface area contributed by atoms with E-state index in [9.17, 15) is 14.0 Å². The van der Waals surface area contributed by atoms with Crippen LogP contribution < -0.4 is 4.74 Å². The number of esters is 1. The molecule has 0 aliphatic heterocycles. The number of nitrogens with zero attached hydrogens (tertiary/aromatic N) is 1. The minimum absolute atomic E-state index is 0.154. The third-order valence-corrected chi connectivity index (χ3v) is 5.91. The molecule has 0 radical (unpaired) electrons. The number of hydrogen-bond donors (Lipinski definition) is 0. The quantitative estimate of drug-likeness (QED) is 0.0753. The van der Waals surface area contributed by atoms with Crippen LogP contribution in [-0.2, 0) is 0 Å². The molecule has 0 aliphatic carbocycles. The first-order valence-corrected chi connectivity index (χ1v) is 12.0. The maximum Gasteiger partial charge on any atom is 0.344 e. The highest BCUT2D eigenvalue weighted by Gasteiger charge is 2.12. The molecule has 184 valence electrons. The molecule has 0 unspecified atom stereocenters. The van der Waals surface area contributed by atoms with Gasteiger partial charge in [-0.1, -0.05) is 54.6 Å². The molecule has 0 spiro atoms. The molecule has 0 saturated carbocycles. The zero-order valence-corrected chi connectivity index (χ0v) is 20.3. The Morgan fingerprint density at radius 2 is 1.39 bits per heavy atom. The molecule has 5 heteroatoms. The van der Waals surface area contributed by atoms with Crippen LogP contribution in [0.25, 0.3) is 16.8 Å². The van der Waals surface area contributed by atoms with E-state index in [2.05, 4.69) is 4.99 Å². The highest BCUT2D eigenvalue weighted by atomic mass is 19.1. The zero-order valence-electron chi connectivity index (χ0n) is 20.3. The average Bonchev–Trinajstić information content (AvgIpc) is 2.96. The van der Waals surface area contributed by atoms with Crippen LogP contribution in [0.4, 0.5) is 10.1 Å². The topological polar surface area (TPSA) is 55.7 Å². The second-order valence-electron chi connectivity index (χ2n) is 8.54. The molecule has 0 atom stereocenters. The van der Waals surface area contributed by atoms with Gasteiger partial charge in [0, 0.05) is 11.8 Å². The van der Waals surface area contributed by atoms with Gasteiger partial charge in [-0.05, 0) is 94.7 Å². The normalized spacial score (nSPS) is 11.3. The minimum atomic E-state index is -0.412. The zero-order chi connectivity index (χ0) is 26.3. The van der Waals surface area contributed by atoms with Gasteiger partial charge < -0.3 is 4.74 Å². The molecule has 5 rings (SSSR count). The van der Waals surface area contributed by atoms with E-state index in [1.54, 1.807) is 66.9 Å². The van der Waals surface area contributed by atoms with Crippen LogP contribution in [0.3, 0.4) is 0 Å². The lowest BCUT2D eigenvalue weighted by Gasteiger charge is -2.07. The number of aliphatic imine (C=N–C) groups is 1. The van der Waals surface area contributed by atoms with E-state index in [0.717, 1.165) is 21.9 Å². The van der Waals surface area contributed by atoms with E-state index in [-0.39, 0.29) is 11.6 Å². The lowest BCUT2D eigenvalue weighted by atomic mass is 10.0. The molecule has 0 aromatic heterocycles. The highest BCUT2D eigenvalue weighted by molar-refractivity contribution is 6.07. The summed E-state index contributed by atoms with van der Waals surface area (Å²) in [5.41, 5.74) is 3.31. The number of ether oxygens (including phenoxy) is 1. The number of fused-ring (bicyclic) bond motifs is 1. The third-order valence-electron chi connectivity index (χ3n) is 5.91. The van der Waals surface area contributed by atoms with Crippen molar-refractivity contribution in [2.75, 3.05) is 0 Å². The minimum Gasteiger partial charge on any atom is -0.423 e. The average molecular weight is 500 g/mol. The summed E-state index contributed by atoms with van der Waals surface area (Å²) in [6.07, 6.45) is 4.80. The SMILES string of the molecule is O=C(C=Cc1ccc(F)cc1)c1ccc(N=Cc2ccc(OC(=O)c3cccc4ccccc34)cc2)cc1. The fraction of sp³-hybridized carbons (Fsp3) is 0. The number of allylic oxidation sites excluding steroid dienone is 1.